The molecule has 0 bridgehead atoms. The first kappa shape index (κ1) is 12.1. The highest BCUT2D eigenvalue weighted by Gasteiger charge is 2.21. The molecule has 1 heterocycles. The molecule has 1 aromatic rings. The molecule has 92 valence electrons. The van der Waals surface area contributed by atoms with Gasteiger partial charge in [-0.15, -0.1) is 0 Å². The fourth-order valence-electron chi connectivity index (χ4n) is 1.90. The van der Waals surface area contributed by atoms with E-state index in [1.54, 1.807) is 0 Å². The predicted octanol–water partition coefficient (Wildman–Crippen LogP) is 1.23. The number of anilines is 1. The molecular formula is C13H18N2O2. The van der Waals surface area contributed by atoms with Crippen LogP contribution in [0.25, 0.3) is 0 Å². The Morgan fingerprint density at radius 1 is 1.47 bits per heavy atom. The third-order valence-corrected chi connectivity index (χ3v) is 2.86. The molecule has 1 atom stereocenters. The van der Waals surface area contributed by atoms with E-state index in [2.05, 4.69) is 16.7 Å². The highest BCUT2D eigenvalue weighted by Crippen LogP contribution is 2.16. The Balaban J connectivity index is 2.02. The van der Waals surface area contributed by atoms with Gasteiger partial charge in [-0.25, -0.2) is 0 Å². The molecule has 1 aliphatic rings. The minimum Gasteiger partial charge on any atom is -0.366 e. The molecule has 4 nitrogen and oxygen atoms in total. The zero-order valence-corrected chi connectivity index (χ0v) is 10.2. The van der Waals surface area contributed by atoms with Crippen molar-refractivity contribution in [2.75, 3.05) is 25.0 Å². The lowest BCUT2D eigenvalue weighted by Crippen LogP contribution is -2.45. The standard InChI is InChI=1S/C13H18N2O2/c1-9-3-4-11(10(2)7-9)15-13(16)12-8-14-5-6-17-12/h3-4,7,12,14H,5-6,8H2,1-2H3,(H,15,16). The van der Waals surface area contributed by atoms with E-state index in [0.717, 1.165) is 17.8 Å². The van der Waals surface area contributed by atoms with Gasteiger partial charge in [0.15, 0.2) is 0 Å². The number of nitrogens with one attached hydrogen (secondary N) is 2. The first-order valence-corrected chi connectivity index (χ1v) is 5.87. The van der Waals surface area contributed by atoms with E-state index in [0.29, 0.717) is 13.2 Å². The third-order valence-electron chi connectivity index (χ3n) is 2.86. The van der Waals surface area contributed by atoms with E-state index in [4.69, 9.17) is 4.74 Å². The molecule has 2 rings (SSSR count). The summed E-state index contributed by atoms with van der Waals surface area (Å²) in [6.07, 6.45) is -0.385. The van der Waals surface area contributed by atoms with Crippen molar-refractivity contribution in [2.45, 2.75) is 20.0 Å². The van der Waals surface area contributed by atoms with Crippen molar-refractivity contribution in [3.63, 3.8) is 0 Å². The van der Waals surface area contributed by atoms with Crippen LogP contribution in [0.4, 0.5) is 5.69 Å². The Bertz CT molecular complexity index is 412. The Labute approximate surface area is 101 Å². The third kappa shape index (κ3) is 3.05. The van der Waals surface area contributed by atoms with Crippen LogP contribution in [-0.2, 0) is 9.53 Å². The Morgan fingerprint density at radius 2 is 2.29 bits per heavy atom. The first-order valence-electron chi connectivity index (χ1n) is 5.87. The molecule has 0 spiro atoms. The maximum absolute atomic E-state index is 11.9. The molecule has 0 aromatic heterocycles. The van der Waals surface area contributed by atoms with Crippen LogP contribution in [0.5, 0.6) is 0 Å². The fraction of sp³-hybridized carbons (Fsp3) is 0.462. The predicted molar refractivity (Wildman–Crippen MR) is 67.2 cm³/mol. The average molecular weight is 234 g/mol. The van der Waals surface area contributed by atoms with Gasteiger partial charge in [0.2, 0.25) is 0 Å². The second kappa shape index (κ2) is 5.29. The highest BCUT2D eigenvalue weighted by molar-refractivity contribution is 5.95. The van der Waals surface area contributed by atoms with Crippen LogP contribution in [0.3, 0.4) is 0 Å². The molecule has 0 aliphatic carbocycles. The van der Waals surface area contributed by atoms with Gasteiger partial charge < -0.3 is 15.4 Å². The molecule has 1 fully saturated rings. The van der Waals surface area contributed by atoms with Crippen molar-refractivity contribution in [3.05, 3.63) is 29.3 Å². The quantitative estimate of drug-likeness (QED) is 0.809. The van der Waals surface area contributed by atoms with Crippen molar-refractivity contribution in [2.24, 2.45) is 0 Å². The van der Waals surface area contributed by atoms with Gasteiger partial charge in [0, 0.05) is 18.8 Å². The summed E-state index contributed by atoms with van der Waals surface area (Å²) in [4.78, 5) is 11.9. The summed E-state index contributed by atoms with van der Waals surface area (Å²) in [6, 6.07) is 5.97. The number of hydrogen-bond acceptors (Lipinski definition) is 3. The van der Waals surface area contributed by atoms with Gasteiger partial charge >= 0.3 is 0 Å². The van der Waals surface area contributed by atoms with E-state index in [1.807, 2.05) is 26.0 Å². The molecule has 0 saturated carbocycles. The largest absolute Gasteiger partial charge is 0.366 e. The van der Waals surface area contributed by atoms with Gasteiger partial charge in [-0.3, -0.25) is 4.79 Å². The van der Waals surface area contributed by atoms with Crippen LogP contribution in [0.1, 0.15) is 11.1 Å². The van der Waals surface area contributed by atoms with Gasteiger partial charge in [0.05, 0.1) is 6.61 Å². The van der Waals surface area contributed by atoms with E-state index >= 15 is 0 Å². The van der Waals surface area contributed by atoms with Crippen LogP contribution in [0.15, 0.2) is 18.2 Å². The zero-order valence-electron chi connectivity index (χ0n) is 10.2. The summed E-state index contributed by atoms with van der Waals surface area (Å²) >= 11 is 0. The smallest absolute Gasteiger partial charge is 0.254 e. The Morgan fingerprint density at radius 3 is 2.94 bits per heavy atom. The number of benzene rings is 1. The Hall–Kier alpha value is -1.39. The molecule has 0 radical (unpaired) electrons. The van der Waals surface area contributed by atoms with Crippen LogP contribution in [-0.4, -0.2) is 31.7 Å². The zero-order chi connectivity index (χ0) is 12.3. The summed E-state index contributed by atoms with van der Waals surface area (Å²) in [6.45, 7) is 6.00. The molecule has 17 heavy (non-hydrogen) atoms. The molecule has 1 aliphatic heterocycles. The molecular weight excluding hydrogens is 216 g/mol. The lowest BCUT2D eigenvalue weighted by Gasteiger charge is -2.23. The van der Waals surface area contributed by atoms with Crippen LogP contribution in [0, 0.1) is 13.8 Å². The number of amides is 1. The second-order valence-electron chi connectivity index (χ2n) is 4.37. The summed E-state index contributed by atoms with van der Waals surface area (Å²) in [5, 5.41) is 6.04. The lowest BCUT2D eigenvalue weighted by atomic mass is 10.1. The van der Waals surface area contributed by atoms with Crippen LogP contribution >= 0.6 is 0 Å². The SMILES string of the molecule is Cc1ccc(NC(=O)C2CNCCO2)c(C)c1. The summed E-state index contributed by atoms with van der Waals surface area (Å²) in [5.74, 6) is -0.0795. The minimum atomic E-state index is -0.385. The summed E-state index contributed by atoms with van der Waals surface area (Å²) < 4.78 is 5.40. The Kier molecular flexibility index (Phi) is 3.76. The van der Waals surface area contributed by atoms with Gasteiger partial charge in [-0.05, 0) is 25.5 Å². The van der Waals surface area contributed by atoms with Gasteiger partial charge in [0.25, 0.3) is 5.91 Å². The maximum Gasteiger partial charge on any atom is 0.254 e. The molecule has 1 unspecified atom stereocenters. The molecule has 2 N–H and O–H groups in total. The highest BCUT2D eigenvalue weighted by atomic mass is 16.5. The van der Waals surface area contributed by atoms with Gasteiger partial charge in [-0.1, -0.05) is 17.7 Å². The van der Waals surface area contributed by atoms with Gasteiger partial charge in [0.1, 0.15) is 6.10 Å². The molecule has 4 heteroatoms. The number of hydrogen-bond donors (Lipinski definition) is 2. The molecule has 1 aromatic carbocycles. The van der Waals surface area contributed by atoms with Crippen molar-refractivity contribution < 1.29 is 9.53 Å². The number of aryl methyl sites for hydroxylation is 2. The summed E-state index contributed by atoms with van der Waals surface area (Å²) in [7, 11) is 0. The number of rotatable bonds is 2. The molecule has 1 amide bonds. The fourth-order valence-corrected chi connectivity index (χ4v) is 1.90. The number of carbonyl (C=O) groups excluding carboxylic acids is 1. The van der Waals surface area contributed by atoms with E-state index in [-0.39, 0.29) is 12.0 Å². The first-order chi connectivity index (χ1) is 8.16. The molecule has 1 saturated heterocycles. The monoisotopic (exact) mass is 234 g/mol. The number of morpholine rings is 1. The van der Waals surface area contributed by atoms with Crippen LogP contribution < -0.4 is 10.6 Å². The van der Waals surface area contributed by atoms with Gasteiger partial charge in [-0.2, -0.15) is 0 Å². The number of carbonyl (C=O) groups is 1. The normalized spacial score (nSPS) is 20.0. The van der Waals surface area contributed by atoms with E-state index < -0.39 is 0 Å². The van der Waals surface area contributed by atoms with Crippen molar-refractivity contribution in [1.82, 2.24) is 5.32 Å². The maximum atomic E-state index is 11.9. The van der Waals surface area contributed by atoms with Crippen LogP contribution in [0.2, 0.25) is 0 Å². The van der Waals surface area contributed by atoms with Crippen molar-refractivity contribution >= 4 is 11.6 Å². The second-order valence-corrected chi connectivity index (χ2v) is 4.37. The van der Waals surface area contributed by atoms with E-state index in [9.17, 15) is 4.79 Å². The van der Waals surface area contributed by atoms with Crippen molar-refractivity contribution in [3.8, 4) is 0 Å². The number of ether oxygens (including phenoxy) is 1. The average Bonchev–Trinajstić information content (AvgIpc) is 2.34. The topological polar surface area (TPSA) is 50.4 Å². The minimum absolute atomic E-state index is 0.0795. The van der Waals surface area contributed by atoms with Crippen molar-refractivity contribution in [1.29, 1.82) is 0 Å². The van der Waals surface area contributed by atoms with E-state index in [1.165, 1.54) is 5.56 Å². The summed E-state index contributed by atoms with van der Waals surface area (Å²) in [5.41, 5.74) is 3.12. The lowest BCUT2D eigenvalue weighted by molar-refractivity contribution is -0.128.